The van der Waals surface area contributed by atoms with E-state index >= 15 is 0 Å². The van der Waals surface area contributed by atoms with Gasteiger partial charge in [-0.15, -0.1) is 11.3 Å². The molecular formula is C14H16N2O4S2. The average Bonchev–Trinajstić information content (AvgIpc) is 2.99. The second-order valence-electron chi connectivity index (χ2n) is 4.45. The molecule has 6 nitrogen and oxygen atoms in total. The lowest BCUT2D eigenvalue weighted by molar-refractivity contribution is 0.0997. The second kappa shape index (κ2) is 6.91. The van der Waals surface area contributed by atoms with Crippen LogP contribution in [-0.2, 0) is 16.4 Å². The Hall–Kier alpha value is -1.90. The van der Waals surface area contributed by atoms with Crippen molar-refractivity contribution in [3.05, 3.63) is 46.2 Å². The van der Waals surface area contributed by atoms with Crippen molar-refractivity contribution in [3.8, 4) is 5.75 Å². The third kappa shape index (κ3) is 3.85. The van der Waals surface area contributed by atoms with Gasteiger partial charge in [0.2, 0.25) is 10.0 Å². The van der Waals surface area contributed by atoms with Gasteiger partial charge in [0.1, 0.15) is 5.75 Å². The van der Waals surface area contributed by atoms with Crippen molar-refractivity contribution in [2.45, 2.75) is 11.3 Å². The molecule has 0 fully saturated rings. The molecule has 0 aliphatic rings. The van der Waals surface area contributed by atoms with E-state index in [1.165, 1.54) is 25.3 Å². The summed E-state index contributed by atoms with van der Waals surface area (Å²) in [5, 5.41) is 1.94. The lowest BCUT2D eigenvalue weighted by Gasteiger charge is -2.10. The van der Waals surface area contributed by atoms with Crippen molar-refractivity contribution in [2.75, 3.05) is 13.7 Å². The van der Waals surface area contributed by atoms with Crippen LogP contribution in [0.3, 0.4) is 0 Å². The number of thiophene rings is 1. The summed E-state index contributed by atoms with van der Waals surface area (Å²) in [6, 6.07) is 7.86. The molecule has 0 bridgehead atoms. The predicted octanol–water partition coefficient (Wildman–Crippen LogP) is 1.38. The summed E-state index contributed by atoms with van der Waals surface area (Å²) < 4.78 is 32.0. The number of amides is 1. The van der Waals surface area contributed by atoms with E-state index < -0.39 is 15.9 Å². The van der Waals surface area contributed by atoms with E-state index in [0.29, 0.717) is 6.42 Å². The maximum absolute atomic E-state index is 12.2. The number of carbonyl (C=O) groups is 1. The quantitative estimate of drug-likeness (QED) is 0.795. The van der Waals surface area contributed by atoms with Gasteiger partial charge >= 0.3 is 0 Å². The van der Waals surface area contributed by atoms with Crippen LogP contribution in [0.25, 0.3) is 0 Å². The number of nitrogens with two attached hydrogens (primary N) is 1. The molecule has 1 amide bonds. The average molecular weight is 340 g/mol. The molecule has 1 heterocycles. The number of hydrogen-bond acceptors (Lipinski definition) is 5. The molecule has 0 atom stereocenters. The number of methoxy groups -OCH3 is 1. The maximum atomic E-state index is 12.2. The minimum atomic E-state index is -3.70. The van der Waals surface area contributed by atoms with Gasteiger partial charge in [0.05, 0.1) is 17.6 Å². The smallest absolute Gasteiger partial charge is 0.252 e. The van der Waals surface area contributed by atoms with Gasteiger partial charge in [0.25, 0.3) is 5.91 Å². The van der Waals surface area contributed by atoms with Gasteiger partial charge in [-0.25, -0.2) is 13.1 Å². The van der Waals surface area contributed by atoms with Crippen molar-refractivity contribution in [1.82, 2.24) is 4.72 Å². The number of sulfonamides is 1. The molecule has 2 aromatic rings. The number of rotatable bonds is 7. The van der Waals surface area contributed by atoms with E-state index in [4.69, 9.17) is 10.5 Å². The molecule has 2 rings (SSSR count). The summed E-state index contributed by atoms with van der Waals surface area (Å²) in [4.78, 5) is 12.4. The largest absolute Gasteiger partial charge is 0.496 e. The zero-order chi connectivity index (χ0) is 16.2. The molecule has 0 radical (unpaired) electrons. The van der Waals surface area contributed by atoms with Crippen LogP contribution in [0.1, 0.15) is 15.2 Å². The molecule has 0 saturated heterocycles. The van der Waals surface area contributed by atoms with Gasteiger partial charge in [-0.3, -0.25) is 4.79 Å². The van der Waals surface area contributed by atoms with Gasteiger partial charge in [-0.2, -0.15) is 0 Å². The highest BCUT2D eigenvalue weighted by atomic mass is 32.2. The number of carbonyl (C=O) groups excluding carboxylic acids is 1. The van der Waals surface area contributed by atoms with E-state index in [1.54, 1.807) is 11.3 Å². The third-order valence-electron chi connectivity index (χ3n) is 2.99. The van der Waals surface area contributed by atoms with Crippen LogP contribution in [0.15, 0.2) is 40.6 Å². The number of hydrogen-bond donors (Lipinski definition) is 2. The first kappa shape index (κ1) is 16.5. The van der Waals surface area contributed by atoms with E-state index in [9.17, 15) is 13.2 Å². The van der Waals surface area contributed by atoms with E-state index in [-0.39, 0.29) is 22.8 Å². The number of benzene rings is 1. The maximum Gasteiger partial charge on any atom is 0.252 e. The minimum absolute atomic E-state index is 0.0201. The predicted molar refractivity (Wildman–Crippen MR) is 84.7 cm³/mol. The zero-order valence-electron chi connectivity index (χ0n) is 11.9. The molecular weight excluding hydrogens is 324 g/mol. The first-order chi connectivity index (χ1) is 10.4. The molecule has 118 valence electrons. The summed E-state index contributed by atoms with van der Waals surface area (Å²) >= 11 is 1.57. The molecule has 8 heteroatoms. The fraction of sp³-hybridized carbons (Fsp3) is 0.214. The van der Waals surface area contributed by atoms with Crippen LogP contribution in [0.4, 0.5) is 0 Å². The summed E-state index contributed by atoms with van der Waals surface area (Å²) in [5.41, 5.74) is 5.26. The molecule has 0 unspecified atom stereocenters. The normalized spacial score (nSPS) is 11.3. The highest BCUT2D eigenvalue weighted by molar-refractivity contribution is 7.89. The molecule has 0 aliphatic heterocycles. The molecule has 1 aromatic carbocycles. The first-order valence-corrected chi connectivity index (χ1v) is 8.80. The fourth-order valence-corrected chi connectivity index (χ4v) is 3.66. The van der Waals surface area contributed by atoms with Crippen LogP contribution >= 0.6 is 11.3 Å². The Bertz CT molecular complexity index is 755. The third-order valence-corrected chi connectivity index (χ3v) is 5.39. The SMILES string of the molecule is COc1ccc(S(=O)(=O)NCCc2cccs2)cc1C(N)=O. The van der Waals surface area contributed by atoms with E-state index in [1.807, 2.05) is 17.5 Å². The number of primary amides is 1. The Morgan fingerprint density at radius 2 is 2.14 bits per heavy atom. The van der Waals surface area contributed by atoms with Crippen molar-refractivity contribution >= 4 is 27.3 Å². The zero-order valence-corrected chi connectivity index (χ0v) is 13.5. The summed E-state index contributed by atoms with van der Waals surface area (Å²) in [7, 11) is -2.32. The van der Waals surface area contributed by atoms with Gasteiger partial charge in [-0.05, 0) is 36.1 Å². The van der Waals surface area contributed by atoms with Crippen LogP contribution in [-0.4, -0.2) is 28.0 Å². The summed E-state index contributed by atoms with van der Waals surface area (Å²) in [6.07, 6.45) is 0.607. The van der Waals surface area contributed by atoms with E-state index in [2.05, 4.69) is 4.72 Å². The summed E-state index contributed by atoms with van der Waals surface area (Å²) in [5.74, 6) is -0.502. The Morgan fingerprint density at radius 3 is 2.73 bits per heavy atom. The molecule has 0 saturated carbocycles. The Kier molecular flexibility index (Phi) is 5.17. The van der Waals surface area contributed by atoms with Crippen molar-refractivity contribution in [1.29, 1.82) is 0 Å². The standard InChI is InChI=1S/C14H16N2O4S2/c1-20-13-5-4-11(9-12(13)14(15)17)22(18,19)16-7-6-10-3-2-8-21-10/h2-5,8-9,16H,6-7H2,1H3,(H2,15,17). The monoisotopic (exact) mass is 340 g/mol. The molecule has 0 aliphatic carbocycles. The highest BCUT2D eigenvalue weighted by Crippen LogP contribution is 2.22. The van der Waals surface area contributed by atoms with Crippen LogP contribution < -0.4 is 15.2 Å². The lowest BCUT2D eigenvalue weighted by Crippen LogP contribution is -2.26. The van der Waals surface area contributed by atoms with Gasteiger partial charge in [0.15, 0.2) is 0 Å². The Labute approximate surface area is 133 Å². The van der Waals surface area contributed by atoms with Crippen LogP contribution in [0, 0.1) is 0 Å². The van der Waals surface area contributed by atoms with Gasteiger partial charge in [0, 0.05) is 11.4 Å². The summed E-state index contributed by atoms with van der Waals surface area (Å²) in [6.45, 7) is 0.279. The molecule has 3 N–H and O–H groups in total. The minimum Gasteiger partial charge on any atom is -0.496 e. The first-order valence-electron chi connectivity index (χ1n) is 6.44. The fourth-order valence-electron chi connectivity index (χ4n) is 1.89. The molecule has 22 heavy (non-hydrogen) atoms. The number of ether oxygens (including phenoxy) is 1. The van der Waals surface area contributed by atoms with Gasteiger partial charge in [-0.1, -0.05) is 6.07 Å². The highest BCUT2D eigenvalue weighted by Gasteiger charge is 2.18. The number of nitrogens with one attached hydrogen (secondary N) is 1. The van der Waals surface area contributed by atoms with Crippen LogP contribution in [0.2, 0.25) is 0 Å². The van der Waals surface area contributed by atoms with Crippen molar-refractivity contribution in [3.63, 3.8) is 0 Å². The van der Waals surface area contributed by atoms with Crippen molar-refractivity contribution < 1.29 is 17.9 Å². The van der Waals surface area contributed by atoms with Crippen LogP contribution in [0.5, 0.6) is 5.75 Å². The lowest BCUT2D eigenvalue weighted by atomic mass is 10.2. The molecule has 1 aromatic heterocycles. The van der Waals surface area contributed by atoms with Crippen molar-refractivity contribution in [2.24, 2.45) is 5.73 Å². The Morgan fingerprint density at radius 1 is 1.36 bits per heavy atom. The molecule has 0 spiro atoms. The van der Waals surface area contributed by atoms with E-state index in [0.717, 1.165) is 4.88 Å². The van der Waals surface area contributed by atoms with Gasteiger partial charge < -0.3 is 10.5 Å². The Balaban J connectivity index is 2.14. The topological polar surface area (TPSA) is 98.5 Å². The second-order valence-corrected chi connectivity index (χ2v) is 7.25.